The van der Waals surface area contributed by atoms with Crippen LogP contribution in [0.1, 0.15) is 22.7 Å². The summed E-state index contributed by atoms with van der Waals surface area (Å²) in [6, 6.07) is 14.6. The number of aliphatic hydroxyl groups is 1. The van der Waals surface area contributed by atoms with E-state index >= 15 is 0 Å². The molecule has 4 rings (SSSR count). The van der Waals surface area contributed by atoms with Crippen LogP contribution in [0.25, 0.3) is 5.76 Å². The Balaban J connectivity index is 1.94. The molecule has 0 saturated carbocycles. The van der Waals surface area contributed by atoms with E-state index in [1.807, 2.05) is 6.92 Å². The molecule has 1 aromatic heterocycles. The largest absolute Gasteiger partial charge is 0.507 e. The number of ketones is 1. The third kappa shape index (κ3) is 3.53. The van der Waals surface area contributed by atoms with E-state index in [1.54, 1.807) is 67.0 Å². The lowest BCUT2D eigenvalue weighted by atomic mass is 9.95. The van der Waals surface area contributed by atoms with Gasteiger partial charge in [0.15, 0.2) is 0 Å². The van der Waals surface area contributed by atoms with E-state index in [-0.39, 0.29) is 11.3 Å². The van der Waals surface area contributed by atoms with Gasteiger partial charge in [0.25, 0.3) is 11.7 Å². The number of aryl methyl sites for hydroxylation is 1. The number of benzene rings is 2. The third-order valence-corrected chi connectivity index (χ3v) is 6.12. The van der Waals surface area contributed by atoms with E-state index < -0.39 is 17.7 Å². The summed E-state index contributed by atoms with van der Waals surface area (Å²) in [4.78, 5) is 31.6. The first-order chi connectivity index (χ1) is 14.4. The quantitative estimate of drug-likeness (QED) is 0.306. The number of rotatable bonds is 3. The molecule has 1 N–H and O–H groups in total. The highest BCUT2D eigenvalue weighted by molar-refractivity contribution is 9.10. The summed E-state index contributed by atoms with van der Waals surface area (Å²) in [5.41, 5.74) is 2.48. The molecule has 1 fully saturated rings. The monoisotopic (exact) mass is 482 g/mol. The first-order valence-corrected chi connectivity index (χ1v) is 10.3. The molecule has 1 aliphatic heterocycles. The zero-order chi connectivity index (χ0) is 21.4. The lowest BCUT2D eigenvalue weighted by Crippen LogP contribution is -2.29. The van der Waals surface area contributed by atoms with Crippen molar-refractivity contribution in [3.8, 4) is 0 Å². The van der Waals surface area contributed by atoms with Crippen LogP contribution in [0.15, 0.2) is 77.0 Å². The molecule has 2 heterocycles. The second kappa shape index (κ2) is 8.05. The van der Waals surface area contributed by atoms with E-state index in [0.717, 1.165) is 10.0 Å². The maximum Gasteiger partial charge on any atom is 0.300 e. The highest BCUT2D eigenvalue weighted by atomic mass is 79.9. The smallest absolute Gasteiger partial charge is 0.300 e. The Kier molecular flexibility index (Phi) is 5.45. The van der Waals surface area contributed by atoms with Crippen LogP contribution in [0, 0.1) is 6.92 Å². The topological polar surface area (TPSA) is 70.5 Å². The van der Waals surface area contributed by atoms with Gasteiger partial charge in [-0.15, -0.1) is 0 Å². The molecule has 1 amide bonds. The van der Waals surface area contributed by atoms with Crippen LogP contribution < -0.4 is 4.90 Å². The van der Waals surface area contributed by atoms with Gasteiger partial charge in [-0.3, -0.25) is 19.5 Å². The molecule has 1 saturated heterocycles. The van der Waals surface area contributed by atoms with Crippen molar-refractivity contribution in [2.45, 2.75) is 13.0 Å². The highest BCUT2D eigenvalue weighted by Crippen LogP contribution is 2.42. The molecular weight excluding hydrogens is 468 g/mol. The van der Waals surface area contributed by atoms with Gasteiger partial charge in [-0.2, -0.15) is 0 Å². The van der Waals surface area contributed by atoms with Gasteiger partial charge < -0.3 is 5.11 Å². The number of aromatic nitrogens is 1. The van der Waals surface area contributed by atoms with Crippen molar-refractivity contribution in [2.75, 3.05) is 4.90 Å². The molecule has 0 bridgehead atoms. The SMILES string of the molecule is Cc1cc(/C(O)=C2/C(=O)C(=O)N(c3ccc(Cl)cc3)C2c2cccnc2)ccc1Br. The summed E-state index contributed by atoms with van der Waals surface area (Å²) in [6.07, 6.45) is 3.19. The Labute approximate surface area is 186 Å². The number of pyridine rings is 1. The number of halogens is 2. The minimum absolute atomic E-state index is 0.0182. The van der Waals surface area contributed by atoms with Crippen molar-refractivity contribution in [1.29, 1.82) is 0 Å². The van der Waals surface area contributed by atoms with E-state index in [9.17, 15) is 14.7 Å². The van der Waals surface area contributed by atoms with Gasteiger partial charge >= 0.3 is 0 Å². The third-order valence-electron chi connectivity index (χ3n) is 4.98. The van der Waals surface area contributed by atoms with Crippen molar-refractivity contribution in [3.05, 3.63) is 98.7 Å². The van der Waals surface area contributed by atoms with Gasteiger partial charge in [-0.1, -0.05) is 39.7 Å². The minimum atomic E-state index is -0.816. The first-order valence-electron chi connectivity index (χ1n) is 9.11. The van der Waals surface area contributed by atoms with Crippen LogP contribution in [0.2, 0.25) is 5.02 Å². The minimum Gasteiger partial charge on any atom is -0.507 e. The number of aliphatic hydroxyl groups excluding tert-OH is 1. The zero-order valence-electron chi connectivity index (χ0n) is 15.8. The Hall–Kier alpha value is -2.96. The normalized spacial score (nSPS) is 18.1. The molecule has 0 radical (unpaired) electrons. The van der Waals surface area contributed by atoms with Crippen LogP contribution in [-0.2, 0) is 9.59 Å². The molecule has 0 spiro atoms. The van der Waals surface area contributed by atoms with Gasteiger partial charge in [0.05, 0.1) is 11.6 Å². The second-order valence-corrected chi connectivity index (χ2v) is 8.19. The fourth-order valence-electron chi connectivity index (χ4n) is 3.50. The van der Waals surface area contributed by atoms with Crippen LogP contribution >= 0.6 is 27.5 Å². The molecule has 2 aromatic carbocycles. The Morgan fingerprint density at radius 3 is 2.50 bits per heavy atom. The Bertz CT molecular complexity index is 1180. The molecule has 3 aromatic rings. The van der Waals surface area contributed by atoms with Crippen molar-refractivity contribution in [2.24, 2.45) is 0 Å². The number of nitrogens with zero attached hydrogens (tertiary/aromatic N) is 2. The highest BCUT2D eigenvalue weighted by Gasteiger charge is 2.47. The molecule has 1 unspecified atom stereocenters. The average Bonchev–Trinajstić information content (AvgIpc) is 3.02. The van der Waals surface area contributed by atoms with Gasteiger partial charge in [0.1, 0.15) is 5.76 Å². The predicted molar refractivity (Wildman–Crippen MR) is 119 cm³/mol. The summed E-state index contributed by atoms with van der Waals surface area (Å²) in [6.45, 7) is 1.88. The van der Waals surface area contributed by atoms with E-state index in [4.69, 9.17) is 11.6 Å². The summed E-state index contributed by atoms with van der Waals surface area (Å²) >= 11 is 9.42. The van der Waals surface area contributed by atoms with Crippen molar-refractivity contribution >= 4 is 50.7 Å². The molecule has 30 heavy (non-hydrogen) atoms. The number of amides is 1. The summed E-state index contributed by atoms with van der Waals surface area (Å²) in [5, 5.41) is 11.6. The molecule has 1 aliphatic rings. The molecule has 7 heteroatoms. The van der Waals surface area contributed by atoms with Crippen LogP contribution in [-0.4, -0.2) is 21.8 Å². The maximum absolute atomic E-state index is 13.0. The molecule has 150 valence electrons. The Morgan fingerprint density at radius 1 is 1.13 bits per heavy atom. The number of hydrogen-bond acceptors (Lipinski definition) is 4. The standard InChI is InChI=1S/C23H16BrClN2O3/c1-13-11-14(4-9-18(13)24)21(28)19-20(15-3-2-10-26-12-15)27(23(30)22(19)29)17-7-5-16(25)6-8-17/h2-12,20,28H,1H3/b21-19-. The predicted octanol–water partition coefficient (Wildman–Crippen LogP) is 5.43. The summed E-state index contributed by atoms with van der Waals surface area (Å²) in [7, 11) is 0. The van der Waals surface area contributed by atoms with Crippen molar-refractivity contribution in [1.82, 2.24) is 4.98 Å². The second-order valence-electron chi connectivity index (χ2n) is 6.90. The van der Waals surface area contributed by atoms with E-state index in [0.29, 0.717) is 21.8 Å². The van der Waals surface area contributed by atoms with Crippen LogP contribution in [0.3, 0.4) is 0 Å². The number of Topliss-reactive ketones (excluding diaryl/α,β-unsaturated/α-hetero) is 1. The number of hydrogen-bond donors (Lipinski definition) is 1. The van der Waals surface area contributed by atoms with E-state index in [1.165, 1.54) is 4.90 Å². The molecule has 0 aliphatic carbocycles. The fraction of sp³-hybridized carbons (Fsp3) is 0.0870. The van der Waals surface area contributed by atoms with Gasteiger partial charge in [-0.05, 0) is 60.5 Å². The lowest BCUT2D eigenvalue weighted by molar-refractivity contribution is -0.132. The van der Waals surface area contributed by atoms with Gasteiger partial charge in [-0.25, -0.2) is 0 Å². The summed E-state index contributed by atoms with van der Waals surface area (Å²) in [5.74, 6) is -1.70. The molecular formula is C23H16BrClN2O3. The molecule has 1 atom stereocenters. The summed E-state index contributed by atoms with van der Waals surface area (Å²) < 4.78 is 0.879. The lowest BCUT2D eigenvalue weighted by Gasteiger charge is -2.25. The zero-order valence-corrected chi connectivity index (χ0v) is 18.2. The Morgan fingerprint density at radius 2 is 1.87 bits per heavy atom. The van der Waals surface area contributed by atoms with Gasteiger partial charge in [0.2, 0.25) is 0 Å². The van der Waals surface area contributed by atoms with Crippen molar-refractivity contribution in [3.63, 3.8) is 0 Å². The molecule has 5 nitrogen and oxygen atoms in total. The first kappa shape index (κ1) is 20.3. The number of carbonyl (C=O) groups is 2. The van der Waals surface area contributed by atoms with Gasteiger partial charge in [0, 0.05) is 33.1 Å². The van der Waals surface area contributed by atoms with Crippen LogP contribution in [0.5, 0.6) is 0 Å². The van der Waals surface area contributed by atoms with Crippen molar-refractivity contribution < 1.29 is 14.7 Å². The van der Waals surface area contributed by atoms with E-state index in [2.05, 4.69) is 20.9 Å². The number of carbonyl (C=O) groups excluding carboxylic acids is 2. The van der Waals surface area contributed by atoms with Crippen LogP contribution in [0.4, 0.5) is 5.69 Å². The average molecular weight is 484 g/mol. The maximum atomic E-state index is 13.0. The fourth-order valence-corrected chi connectivity index (χ4v) is 3.87. The number of anilines is 1.